The van der Waals surface area contributed by atoms with E-state index in [0.29, 0.717) is 6.61 Å². The van der Waals surface area contributed by atoms with Gasteiger partial charge in [-0.2, -0.15) is 0 Å². The zero-order valence-corrected chi connectivity index (χ0v) is 12.5. The van der Waals surface area contributed by atoms with Gasteiger partial charge < -0.3 is 14.6 Å². The molecule has 5 heteroatoms. The van der Waals surface area contributed by atoms with Crippen LogP contribution in [0.3, 0.4) is 0 Å². The number of ether oxygens (including phenoxy) is 1. The first kappa shape index (κ1) is 13.9. The predicted octanol–water partition coefficient (Wildman–Crippen LogP) is 2.13. The highest BCUT2D eigenvalue weighted by molar-refractivity contribution is 5.58. The van der Waals surface area contributed by atoms with Crippen molar-refractivity contribution in [3.63, 3.8) is 0 Å². The maximum atomic E-state index is 5.73. The topological polar surface area (TPSA) is 44.4 Å². The summed E-state index contributed by atoms with van der Waals surface area (Å²) in [5.74, 6) is 2.03. The van der Waals surface area contributed by atoms with Crippen LogP contribution in [-0.4, -0.2) is 47.7 Å². The van der Waals surface area contributed by atoms with Crippen molar-refractivity contribution in [3.8, 4) is 5.75 Å². The lowest BCUT2D eigenvalue weighted by Gasteiger charge is -2.36. The minimum atomic E-state index is 0.704. The van der Waals surface area contributed by atoms with Gasteiger partial charge in [0, 0.05) is 38.6 Å². The highest BCUT2D eigenvalue weighted by Crippen LogP contribution is 2.28. The van der Waals surface area contributed by atoms with E-state index < -0.39 is 0 Å². The molecule has 0 atom stereocenters. The Morgan fingerprint density at radius 2 is 2.00 bits per heavy atom. The van der Waals surface area contributed by atoms with Gasteiger partial charge in [-0.05, 0) is 19.1 Å². The van der Waals surface area contributed by atoms with Crippen molar-refractivity contribution in [2.24, 2.45) is 0 Å². The average Bonchev–Trinajstić information content (AvgIpc) is 3.02. The van der Waals surface area contributed by atoms with Gasteiger partial charge in [-0.25, -0.2) is 4.98 Å². The van der Waals surface area contributed by atoms with E-state index in [4.69, 9.17) is 4.74 Å². The van der Waals surface area contributed by atoms with Crippen molar-refractivity contribution in [2.75, 3.05) is 37.7 Å². The standard InChI is InChI=1S/C16H22N4O/c1-2-21-15-6-4-3-5-14(15)20-11-9-19(10-12-20)13-16-17-7-8-18-16/h3-8H,2,9-13H2,1H3,(H,17,18). The molecule has 1 aromatic carbocycles. The van der Waals surface area contributed by atoms with Gasteiger partial charge >= 0.3 is 0 Å². The summed E-state index contributed by atoms with van der Waals surface area (Å²) in [5, 5.41) is 0. The molecule has 112 valence electrons. The van der Waals surface area contributed by atoms with Crippen molar-refractivity contribution in [1.29, 1.82) is 0 Å². The number of piperazine rings is 1. The summed E-state index contributed by atoms with van der Waals surface area (Å²) >= 11 is 0. The van der Waals surface area contributed by atoms with Gasteiger partial charge in [-0.1, -0.05) is 12.1 Å². The number of imidazole rings is 1. The Morgan fingerprint density at radius 1 is 1.19 bits per heavy atom. The van der Waals surface area contributed by atoms with Gasteiger partial charge in [0.05, 0.1) is 18.8 Å². The number of nitrogens with zero attached hydrogens (tertiary/aromatic N) is 3. The number of H-pyrrole nitrogens is 1. The van der Waals surface area contributed by atoms with Crippen molar-refractivity contribution < 1.29 is 4.74 Å². The zero-order valence-electron chi connectivity index (χ0n) is 12.5. The Bertz CT molecular complexity index is 547. The lowest BCUT2D eigenvalue weighted by molar-refractivity contribution is 0.243. The Kier molecular flexibility index (Phi) is 4.40. The maximum absolute atomic E-state index is 5.73. The van der Waals surface area contributed by atoms with Crippen LogP contribution < -0.4 is 9.64 Å². The first-order valence-corrected chi connectivity index (χ1v) is 7.54. The van der Waals surface area contributed by atoms with Crippen LogP contribution >= 0.6 is 0 Å². The van der Waals surface area contributed by atoms with E-state index in [1.807, 2.05) is 31.5 Å². The van der Waals surface area contributed by atoms with Crippen LogP contribution in [0.5, 0.6) is 5.75 Å². The fourth-order valence-electron chi connectivity index (χ4n) is 2.74. The summed E-state index contributed by atoms with van der Waals surface area (Å²) in [6.07, 6.45) is 3.69. The molecule has 0 radical (unpaired) electrons. The summed E-state index contributed by atoms with van der Waals surface area (Å²) in [5.41, 5.74) is 1.21. The lowest BCUT2D eigenvalue weighted by Crippen LogP contribution is -2.46. The molecule has 0 bridgehead atoms. The zero-order chi connectivity index (χ0) is 14.5. The van der Waals surface area contributed by atoms with Gasteiger partial charge in [0.15, 0.2) is 0 Å². The minimum Gasteiger partial charge on any atom is -0.492 e. The Hall–Kier alpha value is -2.01. The smallest absolute Gasteiger partial charge is 0.142 e. The van der Waals surface area contributed by atoms with E-state index in [1.54, 1.807) is 0 Å². The van der Waals surface area contributed by atoms with Crippen LogP contribution in [-0.2, 0) is 6.54 Å². The van der Waals surface area contributed by atoms with Gasteiger partial charge in [-0.3, -0.25) is 4.90 Å². The molecule has 1 saturated heterocycles. The van der Waals surface area contributed by atoms with Gasteiger partial charge in [0.25, 0.3) is 0 Å². The van der Waals surface area contributed by atoms with Crippen LogP contribution in [0, 0.1) is 0 Å². The second-order valence-corrected chi connectivity index (χ2v) is 5.20. The van der Waals surface area contributed by atoms with Crippen molar-refractivity contribution in [3.05, 3.63) is 42.5 Å². The minimum absolute atomic E-state index is 0.704. The maximum Gasteiger partial charge on any atom is 0.142 e. The molecule has 0 unspecified atom stereocenters. The molecule has 0 saturated carbocycles. The van der Waals surface area contributed by atoms with E-state index >= 15 is 0 Å². The average molecular weight is 286 g/mol. The summed E-state index contributed by atoms with van der Waals surface area (Å²) < 4.78 is 5.73. The third-order valence-corrected chi connectivity index (χ3v) is 3.81. The predicted molar refractivity (Wildman–Crippen MR) is 83.7 cm³/mol. The molecule has 21 heavy (non-hydrogen) atoms. The normalized spacial score (nSPS) is 16.1. The first-order chi connectivity index (χ1) is 10.4. The molecule has 1 N–H and O–H groups in total. The molecular weight excluding hydrogens is 264 g/mol. The molecule has 0 amide bonds. The monoisotopic (exact) mass is 286 g/mol. The fourth-order valence-corrected chi connectivity index (χ4v) is 2.74. The summed E-state index contributed by atoms with van der Waals surface area (Å²) in [7, 11) is 0. The number of anilines is 1. The van der Waals surface area contributed by atoms with Crippen molar-refractivity contribution in [2.45, 2.75) is 13.5 Å². The van der Waals surface area contributed by atoms with E-state index in [9.17, 15) is 0 Å². The van der Waals surface area contributed by atoms with E-state index in [1.165, 1.54) is 5.69 Å². The highest BCUT2D eigenvalue weighted by Gasteiger charge is 2.20. The summed E-state index contributed by atoms with van der Waals surface area (Å²) in [6, 6.07) is 8.30. The molecule has 1 aliphatic rings. The lowest BCUT2D eigenvalue weighted by atomic mass is 10.2. The molecule has 0 aliphatic carbocycles. The Balaban J connectivity index is 1.60. The van der Waals surface area contributed by atoms with Crippen molar-refractivity contribution >= 4 is 5.69 Å². The molecule has 2 heterocycles. The van der Waals surface area contributed by atoms with Crippen molar-refractivity contribution in [1.82, 2.24) is 14.9 Å². The highest BCUT2D eigenvalue weighted by atomic mass is 16.5. The van der Waals surface area contributed by atoms with Crippen LogP contribution in [0.1, 0.15) is 12.7 Å². The third-order valence-electron chi connectivity index (χ3n) is 3.81. The van der Waals surface area contributed by atoms with E-state index in [0.717, 1.165) is 44.3 Å². The molecule has 2 aromatic rings. The van der Waals surface area contributed by atoms with Gasteiger partial charge in [-0.15, -0.1) is 0 Å². The fraction of sp³-hybridized carbons (Fsp3) is 0.438. The number of benzene rings is 1. The number of para-hydroxylation sites is 2. The van der Waals surface area contributed by atoms with Crippen LogP contribution in [0.4, 0.5) is 5.69 Å². The molecule has 1 aromatic heterocycles. The summed E-state index contributed by atoms with van der Waals surface area (Å²) in [6.45, 7) is 7.75. The third kappa shape index (κ3) is 3.36. The van der Waals surface area contributed by atoms with E-state index in [2.05, 4.69) is 31.9 Å². The molecule has 5 nitrogen and oxygen atoms in total. The number of hydrogen-bond donors (Lipinski definition) is 1. The summed E-state index contributed by atoms with van der Waals surface area (Å²) in [4.78, 5) is 12.3. The number of rotatable bonds is 5. The molecule has 0 spiro atoms. The number of nitrogens with one attached hydrogen (secondary N) is 1. The van der Waals surface area contributed by atoms with Crippen LogP contribution in [0.15, 0.2) is 36.7 Å². The first-order valence-electron chi connectivity index (χ1n) is 7.54. The van der Waals surface area contributed by atoms with Crippen LogP contribution in [0.25, 0.3) is 0 Å². The second kappa shape index (κ2) is 6.63. The van der Waals surface area contributed by atoms with Gasteiger partial charge in [0.2, 0.25) is 0 Å². The Labute approximate surface area is 125 Å². The second-order valence-electron chi connectivity index (χ2n) is 5.20. The molecule has 3 rings (SSSR count). The van der Waals surface area contributed by atoms with E-state index in [-0.39, 0.29) is 0 Å². The molecular formula is C16H22N4O. The number of aromatic nitrogens is 2. The SMILES string of the molecule is CCOc1ccccc1N1CCN(Cc2ncc[nH]2)CC1. The quantitative estimate of drug-likeness (QED) is 0.914. The Morgan fingerprint density at radius 3 is 2.71 bits per heavy atom. The molecule has 1 aliphatic heterocycles. The molecule has 1 fully saturated rings. The van der Waals surface area contributed by atoms with Crippen LogP contribution in [0.2, 0.25) is 0 Å². The number of hydrogen-bond acceptors (Lipinski definition) is 4. The number of aromatic amines is 1. The van der Waals surface area contributed by atoms with Gasteiger partial charge in [0.1, 0.15) is 11.6 Å². The largest absolute Gasteiger partial charge is 0.492 e.